The van der Waals surface area contributed by atoms with E-state index in [1.54, 1.807) is 19.2 Å². The summed E-state index contributed by atoms with van der Waals surface area (Å²) in [7, 11) is 1.57. The van der Waals surface area contributed by atoms with E-state index in [-0.39, 0.29) is 11.9 Å². The molecule has 0 saturated carbocycles. The molecule has 96 valence electrons. The Labute approximate surface area is 103 Å². The van der Waals surface area contributed by atoms with Crippen LogP contribution in [0.2, 0.25) is 0 Å². The number of hydrogen-bond donors (Lipinski definition) is 1. The summed E-state index contributed by atoms with van der Waals surface area (Å²) < 4.78 is 19.0. The first-order chi connectivity index (χ1) is 8.10. The largest absolute Gasteiger partial charge is 0.496 e. The maximum Gasteiger partial charge on any atom is 0.131 e. The molecule has 1 N–H and O–H groups in total. The zero-order chi connectivity index (χ0) is 12.8. The molecule has 17 heavy (non-hydrogen) atoms. The standard InChI is InChI=1S/C14H22FNO/c1-5-7-10(2)16-11(3)14-12(15)8-6-9-13(14)17-4/h6,8-11,16H,5,7H2,1-4H3. The molecule has 0 spiro atoms. The second-order valence-electron chi connectivity index (χ2n) is 4.43. The summed E-state index contributed by atoms with van der Waals surface area (Å²) in [5.41, 5.74) is 0.609. The van der Waals surface area contributed by atoms with E-state index in [1.165, 1.54) is 6.07 Å². The van der Waals surface area contributed by atoms with Crippen molar-refractivity contribution in [2.75, 3.05) is 7.11 Å². The van der Waals surface area contributed by atoms with E-state index in [1.807, 2.05) is 6.92 Å². The number of ether oxygens (including phenoxy) is 1. The zero-order valence-corrected chi connectivity index (χ0v) is 11.1. The highest BCUT2D eigenvalue weighted by Crippen LogP contribution is 2.28. The van der Waals surface area contributed by atoms with Crippen LogP contribution in [0.5, 0.6) is 5.75 Å². The van der Waals surface area contributed by atoms with E-state index in [9.17, 15) is 4.39 Å². The van der Waals surface area contributed by atoms with Crippen LogP contribution in [-0.2, 0) is 0 Å². The van der Waals surface area contributed by atoms with Gasteiger partial charge in [-0.3, -0.25) is 0 Å². The minimum absolute atomic E-state index is 0.0484. The van der Waals surface area contributed by atoms with Gasteiger partial charge in [0.25, 0.3) is 0 Å². The molecule has 1 aromatic carbocycles. The summed E-state index contributed by atoms with van der Waals surface area (Å²) in [6.07, 6.45) is 2.20. The SMILES string of the molecule is CCCC(C)NC(C)c1c(F)cccc1OC. The molecule has 1 aromatic rings. The van der Waals surface area contributed by atoms with Gasteiger partial charge in [-0.1, -0.05) is 19.4 Å². The molecule has 0 aliphatic rings. The van der Waals surface area contributed by atoms with Gasteiger partial charge in [-0.05, 0) is 32.4 Å². The van der Waals surface area contributed by atoms with Gasteiger partial charge in [0, 0.05) is 17.6 Å². The number of methoxy groups -OCH3 is 1. The van der Waals surface area contributed by atoms with Crippen molar-refractivity contribution in [1.29, 1.82) is 0 Å². The van der Waals surface area contributed by atoms with Crippen molar-refractivity contribution in [3.63, 3.8) is 0 Å². The summed E-state index contributed by atoms with van der Waals surface area (Å²) in [6.45, 7) is 6.23. The molecule has 0 heterocycles. The molecule has 3 heteroatoms. The Morgan fingerprint density at radius 3 is 2.65 bits per heavy atom. The Balaban J connectivity index is 2.84. The summed E-state index contributed by atoms with van der Waals surface area (Å²) in [5, 5.41) is 3.39. The molecule has 0 saturated heterocycles. The molecular weight excluding hydrogens is 217 g/mol. The first-order valence-electron chi connectivity index (χ1n) is 6.18. The van der Waals surface area contributed by atoms with Crippen LogP contribution in [0.4, 0.5) is 4.39 Å². The average Bonchev–Trinajstić information content (AvgIpc) is 2.28. The molecule has 1 rings (SSSR count). The number of hydrogen-bond acceptors (Lipinski definition) is 2. The molecule has 0 aromatic heterocycles. The Morgan fingerprint density at radius 2 is 2.06 bits per heavy atom. The molecule has 2 unspecified atom stereocenters. The van der Waals surface area contributed by atoms with Gasteiger partial charge in [0.05, 0.1) is 7.11 Å². The molecule has 2 nitrogen and oxygen atoms in total. The summed E-state index contributed by atoms with van der Waals surface area (Å²) in [6, 6.07) is 5.26. The Hall–Kier alpha value is -1.09. The number of nitrogens with one attached hydrogen (secondary N) is 1. The van der Waals surface area contributed by atoms with Gasteiger partial charge in [-0.15, -0.1) is 0 Å². The molecule has 0 aliphatic carbocycles. The van der Waals surface area contributed by atoms with E-state index < -0.39 is 0 Å². The van der Waals surface area contributed by atoms with Gasteiger partial charge in [-0.2, -0.15) is 0 Å². The van der Waals surface area contributed by atoms with Crippen LogP contribution in [0, 0.1) is 5.82 Å². The third-order valence-electron chi connectivity index (χ3n) is 2.92. The lowest BCUT2D eigenvalue weighted by Gasteiger charge is -2.22. The minimum atomic E-state index is -0.215. The van der Waals surface area contributed by atoms with E-state index in [0.29, 0.717) is 17.4 Å². The minimum Gasteiger partial charge on any atom is -0.496 e. The molecule has 0 bridgehead atoms. The Morgan fingerprint density at radius 1 is 1.35 bits per heavy atom. The monoisotopic (exact) mass is 239 g/mol. The Kier molecular flexibility index (Phi) is 5.42. The van der Waals surface area contributed by atoms with Crippen molar-refractivity contribution in [3.8, 4) is 5.75 Å². The van der Waals surface area contributed by atoms with Gasteiger partial charge in [0.1, 0.15) is 11.6 Å². The summed E-state index contributed by atoms with van der Waals surface area (Å²) in [4.78, 5) is 0. The lowest BCUT2D eigenvalue weighted by Crippen LogP contribution is -2.29. The fraction of sp³-hybridized carbons (Fsp3) is 0.571. The molecule has 0 amide bonds. The third-order valence-corrected chi connectivity index (χ3v) is 2.92. The number of rotatable bonds is 6. The number of halogens is 1. The first kappa shape index (κ1) is 14.0. The fourth-order valence-corrected chi connectivity index (χ4v) is 2.14. The van der Waals surface area contributed by atoms with Crippen LogP contribution in [-0.4, -0.2) is 13.2 Å². The zero-order valence-electron chi connectivity index (χ0n) is 11.1. The highest BCUT2D eigenvalue weighted by molar-refractivity contribution is 5.36. The molecule has 0 aliphatic heterocycles. The van der Waals surface area contributed by atoms with Crippen molar-refractivity contribution in [1.82, 2.24) is 5.32 Å². The maximum atomic E-state index is 13.8. The molecular formula is C14H22FNO. The van der Waals surface area contributed by atoms with Gasteiger partial charge in [-0.25, -0.2) is 4.39 Å². The second-order valence-corrected chi connectivity index (χ2v) is 4.43. The van der Waals surface area contributed by atoms with Crippen molar-refractivity contribution in [2.45, 2.75) is 45.7 Å². The van der Waals surface area contributed by atoms with Crippen molar-refractivity contribution in [2.24, 2.45) is 0 Å². The van der Waals surface area contributed by atoms with Crippen molar-refractivity contribution in [3.05, 3.63) is 29.6 Å². The van der Waals surface area contributed by atoms with Gasteiger partial charge < -0.3 is 10.1 Å². The van der Waals surface area contributed by atoms with E-state index in [0.717, 1.165) is 12.8 Å². The predicted molar refractivity (Wildman–Crippen MR) is 68.9 cm³/mol. The number of benzene rings is 1. The Bertz CT molecular complexity index is 354. The predicted octanol–water partition coefficient (Wildman–Crippen LogP) is 3.67. The normalized spacial score (nSPS) is 14.4. The lowest BCUT2D eigenvalue weighted by molar-refractivity contribution is 0.382. The van der Waals surface area contributed by atoms with Gasteiger partial charge in [0.15, 0.2) is 0 Å². The van der Waals surface area contributed by atoms with Crippen LogP contribution in [0.15, 0.2) is 18.2 Å². The van der Waals surface area contributed by atoms with Crippen LogP contribution < -0.4 is 10.1 Å². The van der Waals surface area contributed by atoms with E-state index >= 15 is 0 Å². The van der Waals surface area contributed by atoms with Crippen LogP contribution >= 0.6 is 0 Å². The van der Waals surface area contributed by atoms with E-state index in [4.69, 9.17) is 4.74 Å². The van der Waals surface area contributed by atoms with Gasteiger partial charge in [0.2, 0.25) is 0 Å². The van der Waals surface area contributed by atoms with Crippen LogP contribution in [0.3, 0.4) is 0 Å². The van der Waals surface area contributed by atoms with Crippen molar-refractivity contribution < 1.29 is 9.13 Å². The molecule has 2 atom stereocenters. The highest BCUT2D eigenvalue weighted by atomic mass is 19.1. The summed E-state index contributed by atoms with van der Waals surface area (Å²) in [5.74, 6) is 0.391. The highest BCUT2D eigenvalue weighted by Gasteiger charge is 2.17. The molecule has 0 fully saturated rings. The maximum absolute atomic E-state index is 13.8. The van der Waals surface area contributed by atoms with Crippen LogP contribution in [0.1, 0.15) is 45.2 Å². The van der Waals surface area contributed by atoms with Gasteiger partial charge >= 0.3 is 0 Å². The first-order valence-corrected chi connectivity index (χ1v) is 6.18. The topological polar surface area (TPSA) is 21.3 Å². The third kappa shape index (κ3) is 3.70. The molecule has 0 radical (unpaired) electrons. The quantitative estimate of drug-likeness (QED) is 0.817. The average molecular weight is 239 g/mol. The van der Waals surface area contributed by atoms with Crippen molar-refractivity contribution >= 4 is 0 Å². The summed E-state index contributed by atoms with van der Waals surface area (Å²) >= 11 is 0. The van der Waals surface area contributed by atoms with Crippen LogP contribution in [0.25, 0.3) is 0 Å². The second kappa shape index (κ2) is 6.60. The van der Waals surface area contributed by atoms with E-state index in [2.05, 4.69) is 19.2 Å². The lowest BCUT2D eigenvalue weighted by atomic mass is 10.0. The fourth-order valence-electron chi connectivity index (χ4n) is 2.14. The smallest absolute Gasteiger partial charge is 0.131 e.